The number of anilines is 2. The summed E-state index contributed by atoms with van der Waals surface area (Å²) in [6, 6.07) is 4.68. The van der Waals surface area contributed by atoms with Gasteiger partial charge in [-0.3, -0.25) is 9.59 Å². The van der Waals surface area contributed by atoms with Crippen molar-refractivity contribution in [1.29, 1.82) is 0 Å². The minimum Gasteiger partial charge on any atom is -0.355 e. The zero-order valence-electron chi connectivity index (χ0n) is 13.1. The zero-order chi connectivity index (χ0) is 16.5. The molecule has 0 aliphatic heterocycles. The second-order valence-electron chi connectivity index (χ2n) is 4.87. The van der Waals surface area contributed by atoms with Crippen LogP contribution in [0.15, 0.2) is 18.2 Å². The highest BCUT2D eigenvalue weighted by atomic mass is 16.2. The molecule has 1 aromatic rings. The van der Waals surface area contributed by atoms with Crippen LogP contribution in [0.5, 0.6) is 0 Å². The molecular formula is C15H22N4O3. The number of carbonyl (C=O) groups is 3. The van der Waals surface area contributed by atoms with Gasteiger partial charge in [-0.25, -0.2) is 4.79 Å². The van der Waals surface area contributed by atoms with Gasteiger partial charge in [0.15, 0.2) is 0 Å². The summed E-state index contributed by atoms with van der Waals surface area (Å²) in [5.41, 5.74) is 2.05. The summed E-state index contributed by atoms with van der Waals surface area (Å²) >= 11 is 0. The maximum atomic E-state index is 11.7. The first-order chi connectivity index (χ1) is 10.4. The highest BCUT2D eigenvalue weighted by Gasteiger charge is 2.07. The summed E-state index contributed by atoms with van der Waals surface area (Å²) in [4.78, 5) is 34.2. The summed E-state index contributed by atoms with van der Waals surface area (Å²) in [7, 11) is 0. The number of nitrogens with one attached hydrogen (secondary N) is 4. The minimum absolute atomic E-state index is 0.0871. The normalized spacial score (nSPS) is 9.77. The molecule has 0 fully saturated rings. The third-order valence-corrected chi connectivity index (χ3v) is 2.79. The van der Waals surface area contributed by atoms with Gasteiger partial charge < -0.3 is 21.3 Å². The molecule has 0 radical (unpaired) electrons. The van der Waals surface area contributed by atoms with E-state index in [0.717, 1.165) is 12.0 Å². The van der Waals surface area contributed by atoms with Crippen LogP contribution in [0.4, 0.5) is 16.2 Å². The van der Waals surface area contributed by atoms with Crippen LogP contribution < -0.4 is 21.3 Å². The van der Waals surface area contributed by atoms with Crippen LogP contribution in [-0.4, -0.2) is 30.9 Å². The van der Waals surface area contributed by atoms with Crippen LogP contribution in [0.1, 0.15) is 25.8 Å². The highest BCUT2D eigenvalue weighted by molar-refractivity contribution is 5.94. The molecular weight excluding hydrogens is 284 g/mol. The molecule has 0 aliphatic carbocycles. The van der Waals surface area contributed by atoms with Crippen LogP contribution in [-0.2, 0) is 9.59 Å². The molecule has 1 rings (SSSR count). The topological polar surface area (TPSA) is 99.3 Å². The lowest BCUT2D eigenvalue weighted by molar-refractivity contribution is -0.120. The minimum atomic E-state index is -0.482. The van der Waals surface area contributed by atoms with Crippen LogP contribution in [0.25, 0.3) is 0 Å². The molecule has 7 nitrogen and oxygen atoms in total. The zero-order valence-corrected chi connectivity index (χ0v) is 13.1. The van der Waals surface area contributed by atoms with E-state index in [1.165, 1.54) is 6.92 Å². The molecule has 7 heteroatoms. The summed E-state index contributed by atoms with van der Waals surface area (Å²) in [6.45, 7) is 5.72. The fourth-order valence-corrected chi connectivity index (χ4v) is 1.69. The summed E-state index contributed by atoms with van der Waals surface area (Å²) < 4.78 is 0. The molecule has 0 unspecified atom stereocenters. The average molecular weight is 306 g/mol. The number of amides is 4. The molecule has 4 N–H and O–H groups in total. The van der Waals surface area contributed by atoms with Gasteiger partial charge in [-0.05, 0) is 31.0 Å². The van der Waals surface area contributed by atoms with E-state index >= 15 is 0 Å². The summed E-state index contributed by atoms with van der Waals surface area (Å²) in [5, 5.41) is 10.4. The number of aryl methyl sites for hydroxylation is 1. The van der Waals surface area contributed by atoms with Crippen LogP contribution in [0, 0.1) is 6.92 Å². The second-order valence-corrected chi connectivity index (χ2v) is 4.87. The van der Waals surface area contributed by atoms with Gasteiger partial charge in [0.25, 0.3) is 0 Å². The first-order valence-corrected chi connectivity index (χ1v) is 7.12. The smallest absolute Gasteiger partial charge is 0.319 e. The first-order valence-electron chi connectivity index (χ1n) is 7.12. The van der Waals surface area contributed by atoms with Gasteiger partial charge in [0.1, 0.15) is 0 Å². The van der Waals surface area contributed by atoms with E-state index in [1.807, 2.05) is 13.8 Å². The Balaban J connectivity index is 2.54. The number of benzene rings is 1. The average Bonchev–Trinajstić information content (AvgIpc) is 2.46. The monoisotopic (exact) mass is 306 g/mol. The SMILES string of the molecule is CCCNC(=O)CNC(=O)Nc1ccc(C)c(NC(C)=O)c1. The Morgan fingerprint density at radius 1 is 1.09 bits per heavy atom. The number of urea groups is 1. The van der Waals surface area contributed by atoms with Gasteiger partial charge in [-0.2, -0.15) is 0 Å². The molecule has 120 valence electrons. The van der Waals surface area contributed by atoms with Crippen molar-refractivity contribution >= 4 is 29.2 Å². The van der Waals surface area contributed by atoms with E-state index in [4.69, 9.17) is 0 Å². The van der Waals surface area contributed by atoms with Gasteiger partial charge in [0, 0.05) is 24.8 Å². The van der Waals surface area contributed by atoms with Gasteiger partial charge >= 0.3 is 6.03 Å². The lowest BCUT2D eigenvalue weighted by atomic mass is 10.2. The van der Waals surface area contributed by atoms with Gasteiger partial charge in [0.05, 0.1) is 6.54 Å². The number of carbonyl (C=O) groups excluding carboxylic acids is 3. The van der Waals surface area contributed by atoms with E-state index in [2.05, 4.69) is 21.3 Å². The van der Waals surface area contributed by atoms with E-state index in [9.17, 15) is 14.4 Å². The van der Waals surface area contributed by atoms with E-state index in [1.54, 1.807) is 18.2 Å². The maximum Gasteiger partial charge on any atom is 0.319 e. The Hall–Kier alpha value is -2.57. The molecule has 22 heavy (non-hydrogen) atoms. The first kappa shape index (κ1) is 17.5. The molecule has 0 spiro atoms. The third-order valence-electron chi connectivity index (χ3n) is 2.79. The Morgan fingerprint density at radius 3 is 2.45 bits per heavy atom. The fraction of sp³-hybridized carbons (Fsp3) is 0.400. The number of hydrogen-bond donors (Lipinski definition) is 4. The Labute approximate surface area is 129 Å². The molecule has 1 aromatic carbocycles. The molecule has 0 saturated heterocycles. The van der Waals surface area contributed by atoms with Crippen molar-refractivity contribution in [3.63, 3.8) is 0 Å². The standard InChI is InChI=1S/C15H22N4O3/c1-4-7-16-14(21)9-17-15(22)19-12-6-5-10(2)13(8-12)18-11(3)20/h5-6,8H,4,7,9H2,1-3H3,(H,16,21)(H,18,20)(H2,17,19,22). The predicted molar refractivity (Wildman–Crippen MR) is 85.8 cm³/mol. The van der Waals surface area contributed by atoms with Crippen LogP contribution in [0.2, 0.25) is 0 Å². The van der Waals surface area contributed by atoms with E-state index < -0.39 is 6.03 Å². The van der Waals surface area contributed by atoms with Gasteiger partial charge in [-0.15, -0.1) is 0 Å². The van der Waals surface area contributed by atoms with E-state index in [-0.39, 0.29) is 18.4 Å². The quantitative estimate of drug-likeness (QED) is 0.642. The van der Waals surface area contributed by atoms with Gasteiger partial charge in [-0.1, -0.05) is 13.0 Å². The van der Waals surface area contributed by atoms with Crippen molar-refractivity contribution in [2.45, 2.75) is 27.2 Å². The van der Waals surface area contributed by atoms with Crippen molar-refractivity contribution in [2.24, 2.45) is 0 Å². The third kappa shape index (κ3) is 6.25. The maximum absolute atomic E-state index is 11.7. The van der Waals surface area contributed by atoms with Crippen molar-refractivity contribution in [3.05, 3.63) is 23.8 Å². The van der Waals surface area contributed by atoms with Crippen molar-refractivity contribution in [2.75, 3.05) is 23.7 Å². The molecule has 0 atom stereocenters. The molecule has 0 aromatic heterocycles. The second kappa shape index (κ2) is 8.66. The number of rotatable bonds is 6. The molecule has 0 aliphatic rings. The highest BCUT2D eigenvalue weighted by Crippen LogP contribution is 2.20. The summed E-state index contributed by atoms with van der Waals surface area (Å²) in [6.07, 6.45) is 0.841. The molecule has 0 saturated carbocycles. The lowest BCUT2D eigenvalue weighted by Crippen LogP contribution is -2.39. The summed E-state index contributed by atoms with van der Waals surface area (Å²) in [5.74, 6) is -0.419. The van der Waals surface area contributed by atoms with Crippen LogP contribution >= 0.6 is 0 Å². The van der Waals surface area contributed by atoms with Gasteiger partial charge in [0.2, 0.25) is 11.8 Å². The molecule has 0 heterocycles. The Kier molecular flexibility index (Phi) is 6.88. The van der Waals surface area contributed by atoms with Crippen molar-refractivity contribution in [1.82, 2.24) is 10.6 Å². The van der Waals surface area contributed by atoms with Crippen LogP contribution in [0.3, 0.4) is 0 Å². The van der Waals surface area contributed by atoms with Crippen molar-refractivity contribution < 1.29 is 14.4 Å². The predicted octanol–water partition coefficient (Wildman–Crippen LogP) is 1.60. The lowest BCUT2D eigenvalue weighted by Gasteiger charge is -2.11. The fourth-order valence-electron chi connectivity index (χ4n) is 1.69. The largest absolute Gasteiger partial charge is 0.355 e. The van der Waals surface area contributed by atoms with E-state index in [0.29, 0.717) is 17.9 Å². The number of hydrogen-bond acceptors (Lipinski definition) is 3. The molecule has 4 amide bonds. The Bertz CT molecular complexity index is 558. The molecule has 0 bridgehead atoms. The van der Waals surface area contributed by atoms with Crippen molar-refractivity contribution in [3.8, 4) is 0 Å². The Morgan fingerprint density at radius 2 is 1.82 bits per heavy atom.